The molecule has 2 heterocycles. The van der Waals surface area contributed by atoms with Crippen LogP contribution >= 0.6 is 0 Å². The maximum Gasteiger partial charge on any atom is 0.320 e. The Morgan fingerprint density at radius 3 is 2.63 bits per heavy atom. The van der Waals surface area contributed by atoms with Gasteiger partial charge in [0.05, 0.1) is 13.2 Å². The van der Waals surface area contributed by atoms with Crippen LogP contribution in [0.2, 0.25) is 0 Å². The zero-order valence-electron chi connectivity index (χ0n) is 11.6. The molecule has 2 aliphatic heterocycles. The fourth-order valence-corrected chi connectivity index (χ4v) is 2.61. The number of amides is 3. The highest BCUT2D eigenvalue weighted by Crippen LogP contribution is 2.15. The lowest BCUT2D eigenvalue weighted by Gasteiger charge is -2.39. The molecule has 2 rings (SSSR count). The normalized spacial score (nSPS) is 24.2. The lowest BCUT2D eigenvalue weighted by Crippen LogP contribution is -2.59. The van der Waals surface area contributed by atoms with Gasteiger partial charge in [-0.2, -0.15) is 0 Å². The van der Waals surface area contributed by atoms with Gasteiger partial charge in [-0.15, -0.1) is 0 Å². The van der Waals surface area contributed by atoms with Crippen LogP contribution in [0.4, 0.5) is 4.79 Å². The van der Waals surface area contributed by atoms with Crippen LogP contribution in [0.3, 0.4) is 0 Å². The summed E-state index contributed by atoms with van der Waals surface area (Å²) in [4.78, 5) is 28.0. The summed E-state index contributed by atoms with van der Waals surface area (Å²) in [5, 5.41) is 2.77. The van der Waals surface area contributed by atoms with Crippen LogP contribution in [-0.2, 0) is 9.53 Å². The first-order valence-corrected chi connectivity index (χ1v) is 7.15. The Hall–Kier alpha value is -1.30. The van der Waals surface area contributed by atoms with E-state index >= 15 is 0 Å². The van der Waals surface area contributed by atoms with Crippen molar-refractivity contribution in [3.8, 4) is 0 Å². The molecule has 108 valence electrons. The van der Waals surface area contributed by atoms with E-state index in [0.29, 0.717) is 26.3 Å². The summed E-state index contributed by atoms with van der Waals surface area (Å²) in [5.74, 6) is -0.118. The number of morpholine rings is 1. The lowest BCUT2D eigenvalue weighted by molar-refractivity contribution is -0.130. The minimum atomic E-state index is -0.483. The first-order chi connectivity index (χ1) is 9.24. The van der Waals surface area contributed by atoms with Crippen molar-refractivity contribution in [1.82, 2.24) is 15.1 Å². The molecular formula is C13H23N3O3. The van der Waals surface area contributed by atoms with Gasteiger partial charge in [0, 0.05) is 26.2 Å². The van der Waals surface area contributed by atoms with Gasteiger partial charge in [-0.25, -0.2) is 4.79 Å². The molecule has 2 fully saturated rings. The molecule has 1 atom stereocenters. The van der Waals surface area contributed by atoms with E-state index in [-0.39, 0.29) is 11.9 Å². The molecule has 0 aromatic heterocycles. The SMILES string of the molecule is CCNC(=O)C1COCCN1C(=O)N1CCCCC1. The van der Waals surface area contributed by atoms with Crippen molar-refractivity contribution in [2.24, 2.45) is 0 Å². The molecule has 2 aliphatic rings. The molecule has 0 radical (unpaired) electrons. The fraction of sp³-hybridized carbons (Fsp3) is 0.846. The minimum absolute atomic E-state index is 0.0146. The van der Waals surface area contributed by atoms with Gasteiger partial charge >= 0.3 is 6.03 Å². The predicted molar refractivity (Wildman–Crippen MR) is 70.8 cm³/mol. The average molecular weight is 269 g/mol. The van der Waals surface area contributed by atoms with Gasteiger partial charge in [0.15, 0.2) is 0 Å². The van der Waals surface area contributed by atoms with Crippen LogP contribution in [0.1, 0.15) is 26.2 Å². The molecule has 1 unspecified atom stereocenters. The van der Waals surface area contributed by atoms with Crippen LogP contribution < -0.4 is 5.32 Å². The lowest BCUT2D eigenvalue weighted by atomic mass is 10.1. The number of nitrogens with zero attached hydrogens (tertiary/aromatic N) is 2. The van der Waals surface area contributed by atoms with E-state index in [1.165, 1.54) is 6.42 Å². The quantitative estimate of drug-likeness (QED) is 0.791. The molecule has 0 aliphatic carbocycles. The Morgan fingerprint density at radius 1 is 1.21 bits per heavy atom. The third-order valence-electron chi connectivity index (χ3n) is 3.65. The predicted octanol–water partition coefficient (Wildman–Crippen LogP) is 0.429. The topological polar surface area (TPSA) is 61.9 Å². The number of likely N-dealkylation sites (tertiary alicyclic amines) is 1. The van der Waals surface area contributed by atoms with Gasteiger partial charge < -0.3 is 19.9 Å². The summed E-state index contributed by atoms with van der Waals surface area (Å²) in [6.07, 6.45) is 3.30. The smallest absolute Gasteiger partial charge is 0.320 e. The van der Waals surface area contributed by atoms with Crippen molar-refractivity contribution >= 4 is 11.9 Å². The number of rotatable bonds is 2. The molecule has 0 aromatic rings. The highest BCUT2D eigenvalue weighted by atomic mass is 16.5. The number of carbonyl (C=O) groups excluding carboxylic acids is 2. The van der Waals surface area contributed by atoms with E-state index in [1.54, 1.807) is 4.90 Å². The number of carbonyl (C=O) groups is 2. The summed E-state index contributed by atoms with van der Waals surface area (Å²) in [7, 11) is 0. The number of piperidine rings is 1. The molecule has 3 amide bonds. The van der Waals surface area contributed by atoms with Crippen molar-refractivity contribution in [2.45, 2.75) is 32.2 Å². The average Bonchev–Trinajstić information content (AvgIpc) is 2.47. The van der Waals surface area contributed by atoms with Crippen molar-refractivity contribution in [3.63, 3.8) is 0 Å². The summed E-state index contributed by atoms with van der Waals surface area (Å²) < 4.78 is 5.34. The number of urea groups is 1. The van der Waals surface area contributed by atoms with Crippen LogP contribution in [0.5, 0.6) is 0 Å². The Kier molecular flexibility index (Phi) is 5.01. The standard InChI is InChI=1S/C13H23N3O3/c1-2-14-12(17)11-10-19-9-8-16(11)13(18)15-6-4-3-5-7-15/h11H,2-10H2,1H3,(H,14,17). The summed E-state index contributed by atoms with van der Waals surface area (Å²) in [6, 6.07) is -0.498. The molecule has 0 saturated carbocycles. The molecule has 19 heavy (non-hydrogen) atoms. The molecule has 1 N–H and O–H groups in total. The first kappa shape index (κ1) is 14.1. The van der Waals surface area contributed by atoms with Gasteiger partial charge in [0.2, 0.25) is 5.91 Å². The van der Waals surface area contributed by atoms with Crippen LogP contribution in [0.15, 0.2) is 0 Å². The Morgan fingerprint density at radius 2 is 1.95 bits per heavy atom. The Balaban J connectivity index is 2.01. The highest BCUT2D eigenvalue weighted by Gasteiger charge is 2.35. The van der Waals surface area contributed by atoms with E-state index in [0.717, 1.165) is 25.9 Å². The van der Waals surface area contributed by atoms with Gasteiger partial charge in [0.1, 0.15) is 6.04 Å². The van der Waals surface area contributed by atoms with E-state index < -0.39 is 6.04 Å². The summed E-state index contributed by atoms with van der Waals surface area (Å²) >= 11 is 0. The second kappa shape index (κ2) is 6.75. The zero-order chi connectivity index (χ0) is 13.7. The second-order valence-corrected chi connectivity index (χ2v) is 5.01. The maximum absolute atomic E-state index is 12.5. The van der Waals surface area contributed by atoms with Gasteiger partial charge in [-0.05, 0) is 26.2 Å². The molecule has 0 aromatic carbocycles. The van der Waals surface area contributed by atoms with Crippen LogP contribution in [0, 0.1) is 0 Å². The third-order valence-corrected chi connectivity index (χ3v) is 3.65. The molecule has 2 saturated heterocycles. The van der Waals surface area contributed by atoms with Crippen molar-refractivity contribution in [1.29, 1.82) is 0 Å². The van der Waals surface area contributed by atoms with Crippen molar-refractivity contribution < 1.29 is 14.3 Å². The van der Waals surface area contributed by atoms with Crippen molar-refractivity contribution in [3.05, 3.63) is 0 Å². The Labute approximate surface area is 114 Å². The largest absolute Gasteiger partial charge is 0.377 e. The summed E-state index contributed by atoms with van der Waals surface area (Å²) in [5.41, 5.74) is 0. The summed E-state index contributed by atoms with van der Waals surface area (Å²) in [6.45, 7) is 5.36. The molecule has 0 spiro atoms. The van der Waals surface area contributed by atoms with E-state index in [9.17, 15) is 9.59 Å². The second-order valence-electron chi connectivity index (χ2n) is 5.01. The zero-order valence-corrected chi connectivity index (χ0v) is 11.6. The number of ether oxygens (including phenoxy) is 1. The number of hydrogen-bond donors (Lipinski definition) is 1. The molecule has 0 bridgehead atoms. The minimum Gasteiger partial charge on any atom is -0.377 e. The van der Waals surface area contributed by atoms with Gasteiger partial charge in [-0.3, -0.25) is 4.79 Å². The van der Waals surface area contributed by atoms with E-state index in [2.05, 4.69) is 5.32 Å². The van der Waals surface area contributed by atoms with E-state index in [4.69, 9.17) is 4.74 Å². The van der Waals surface area contributed by atoms with Crippen LogP contribution in [0.25, 0.3) is 0 Å². The maximum atomic E-state index is 12.5. The van der Waals surface area contributed by atoms with Crippen molar-refractivity contribution in [2.75, 3.05) is 39.4 Å². The first-order valence-electron chi connectivity index (χ1n) is 7.15. The monoisotopic (exact) mass is 269 g/mol. The molecular weight excluding hydrogens is 246 g/mol. The fourth-order valence-electron chi connectivity index (χ4n) is 2.61. The molecule has 6 heteroatoms. The van der Waals surface area contributed by atoms with Crippen LogP contribution in [-0.4, -0.2) is 67.2 Å². The number of nitrogens with one attached hydrogen (secondary N) is 1. The molecule has 6 nitrogen and oxygen atoms in total. The number of likely N-dealkylation sites (N-methyl/N-ethyl adjacent to an activating group) is 1. The highest BCUT2D eigenvalue weighted by molar-refractivity contribution is 5.87. The Bertz CT molecular complexity index is 329. The number of hydrogen-bond acceptors (Lipinski definition) is 3. The third kappa shape index (κ3) is 3.37. The van der Waals surface area contributed by atoms with Gasteiger partial charge in [0.25, 0.3) is 0 Å². The van der Waals surface area contributed by atoms with E-state index in [1.807, 2.05) is 11.8 Å². The van der Waals surface area contributed by atoms with Gasteiger partial charge in [-0.1, -0.05) is 0 Å².